The predicted octanol–water partition coefficient (Wildman–Crippen LogP) is 3.52. The molecule has 2 aromatic carbocycles. The lowest BCUT2D eigenvalue weighted by Crippen LogP contribution is -2.12. The van der Waals surface area contributed by atoms with E-state index >= 15 is 0 Å². The zero-order valence-electron chi connectivity index (χ0n) is 11.8. The number of carbonyl (C=O) groups is 1. The highest BCUT2D eigenvalue weighted by Crippen LogP contribution is 2.25. The van der Waals surface area contributed by atoms with Crippen LogP contribution in [0.5, 0.6) is 0 Å². The molecular formula is C17H18N2O. The molecule has 0 aromatic heterocycles. The van der Waals surface area contributed by atoms with E-state index in [2.05, 4.69) is 10.6 Å². The van der Waals surface area contributed by atoms with Crippen LogP contribution < -0.4 is 10.6 Å². The minimum Gasteiger partial charge on any atom is -0.384 e. The second kappa shape index (κ2) is 5.00. The molecule has 2 N–H and O–H groups in total. The molecule has 0 aliphatic carbocycles. The highest BCUT2D eigenvalue weighted by Gasteiger charge is 2.12. The van der Waals surface area contributed by atoms with Crippen LogP contribution in [0.15, 0.2) is 36.4 Å². The first-order valence-corrected chi connectivity index (χ1v) is 6.89. The number of hydrogen-bond donors (Lipinski definition) is 2. The summed E-state index contributed by atoms with van der Waals surface area (Å²) in [5, 5.41) is 6.28. The van der Waals surface area contributed by atoms with Gasteiger partial charge in [-0.3, -0.25) is 4.79 Å². The van der Waals surface area contributed by atoms with E-state index in [-0.39, 0.29) is 5.91 Å². The summed E-state index contributed by atoms with van der Waals surface area (Å²) in [6, 6.07) is 11.8. The van der Waals surface area contributed by atoms with Crippen LogP contribution in [-0.4, -0.2) is 12.5 Å². The van der Waals surface area contributed by atoms with Crippen molar-refractivity contribution in [1.29, 1.82) is 0 Å². The number of fused-ring (bicyclic) bond motifs is 1. The fourth-order valence-corrected chi connectivity index (χ4v) is 2.47. The number of anilines is 2. The van der Waals surface area contributed by atoms with Crippen LogP contribution in [0.2, 0.25) is 0 Å². The molecule has 0 saturated heterocycles. The number of hydrogen-bond acceptors (Lipinski definition) is 2. The van der Waals surface area contributed by atoms with E-state index in [1.165, 1.54) is 16.8 Å². The third-order valence-electron chi connectivity index (χ3n) is 3.84. The molecule has 20 heavy (non-hydrogen) atoms. The fraction of sp³-hybridized carbons (Fsp3) is 0.235. The Morgan fingerprint density at radius 1 is 1.10 bits per heavy atom. The summed E-state index contributed by atoms with van der Waals surface area (Å²) in [6.07, 6.45) is 1.02. The number of nitrogens with one attached hydrogen (secondary N) is 2. The largest absolute Gasteiger partial charge is 0.384 e. The van der Waals surface area contributed by atoms with Crippen molar-refractivity contribution >= 4 is 17.3 Å². The first-order chi connectivity index (χ1) is 9.63. The molecule has 0 fully saturated rings. The van der Waals surface area contributed by atoms with Crippen molar-refractivity contribution in [3.05, 3.63) is 58.7 Å². The van der Waals surface area contributed by atoms with Crippen LogP contribution >= 0.6 is 0 Å². The van der Waals surface area contributed by atoms with Gasteiger partial charge >= 0.3 is 0 Å². The third kappa shape index (κ3) is 2.39. The van der Waals surface area contributed by atoms with Crippen molar-refractivity contribution in [2.24, 2.45) is 0 Å². The van der Waals surface area contributed by atoms with Gasteiger partial charge in [0.25, 0.3) is 5.91 Å². The molecule has 1 aliphatic heterocycles. The molecule has 102 valence electrons. The van der Waals surface area contributed by atoms with Gasteiger partial charge in [0, 0.05) is 23.5 Å². The monoisotopic (exact) mass is 266 g/mol. The van der Waals surface area contributed by atoms with Crippen LogP contribution in [0.25, 0.3) is 0 Å². The van der Waals surface area contributed by atoms with Gasteiger partial charge in [-0.15, -0.1) is 0 Å². The topological polar surface area (TPSA) is 41.1 Å². The van der Waals surface area contributed by atoms with Gasteiger partial charge in [0.2, 0.25) is 0 Å². The Balaban J connectivity index is 1.80. The summed E-state index contributed by atoms with van der Waals surface area (Å²) in [6.45, 7) is 5.04. The third-order valence-corrected chi connectivity index (χ3v) is 3.84. The van der Waals surface area contributed by atoms with Gasteiger partial charge in [0.1, 0.15) is 0 Å². The minimum atomic E-state index is -0.0565. The number of rotatable bonds is 2. The standard InChI is InChI=1S/C17H18N2O/c1-11-3-4-14(9-12(11)2)17(20)19-15-5-6-16-13(10-15)7-8-18-16/h3-6,9-10,18H,7-8H2,1-2H3,(H,19,20). The molecule has 0 unspecified atom stereocenters. The Labute approximate surface area is 119 Å². The highest BCUT2D eigenvalue weighted by molar-refractivity contribution is 6.04. The number of carbonyl (C=O) groups excluding carboxylic acids is 1. The van der Waals surface area contributed by atoms with Crippen LogP contribution in [0.1, 0.15) is 27.0 Å². The van der Waals surface area contributed by atoms with Crippen molar-refractivity contribution < 1.29 is 4.79 Å². The Morgan fingerprint density at radius 3 is 2.75 bits per heavy atom. The van der Waals surface area contributed by atoms with Gasteiger partial charge in [-0.1, -0.05) is 6.07 Å². The molecule has 3 rings (SSSR count). The number of benzene rings is 2. The molecule has 0 saturated carbocycles. The average Bonchev–Trinajstić information content (AvgIpc) is 2.89. The fourth-order valence-electron chi connectivity index (χ4n) is 2.47. The SMILES string of the molecule is Cc1ccc(C(=O)Nc2ccc3c(c2)CCN3)cc1C. The van der Waals surface area contributed by atoms with Crippen LogP contribution in [0, 0.1) is 13.8 Å². The predicted molar refractivity (Wildman–Crippen MR) is 82.5 cm³/mol. The van der Waals surface area contributed by atoms with E-state index < -0.39 is 0 Å². The van der Waals surface area contributed by atoms with Gasteiger partial charge < -0.3 is 10.6 Å². The second-order valence-corrected chi connectivity index (χ2v) is 5.30. The maximum absolute atomic E-state index is 12.3. The zero-order chi connectivity index (χ0) is 14.1. The van der Waals surface area contributed by atoms with Gasteiger partial charge in [-0.05, 0) is 67.3 Å². The van der Waals surface area contributed by atoms with Gasteiger partial charge in [-0.2, -0.15) is 0 Å². The lowest BCUT2D eigenvalue weighted by molar-refractivity contribution is 0.102. The second-order valence-electron chi connectivity index (χ2n) is 5.30. The van der Waals surface area contributed by atoms with E-state index in [0.29, 0.717) is 5.56 Å². The van der Waals surface area contributed by atoms with Crippen molar-refractivity contribution in [3.8, 4) is 0 Å². The van der Waals surface area contributed by atoms with Crippen molar-refractivity contribution in [2.45, 2.75) is 20.3 Å². The number of amides is 1. The van der Waals surface area contributed by atoms with E-state index in [1.54, 1.807) is 0 Å². The molecule has 1 aliphatic rings. The Hall–Kier alpha value is -2.29. The quantitative estimate of drug-likeness (QED) is 0.873. The maximum Gasteiger partial charge on any atom is 0.255 e. The van der Waals surface area contributed by atoms with Crippen molar-refractivity contribution in [3.63, 3.8) is 0 Å². The van der Waals surface area contributed by atoms with Crippen molar-refractivity contribution in [1.82, 2.24) is 0 Å². The summed E-state index contributed by atoms with van der Waals surface area (Å²) < 4.78 is 0. The minimum absolute atomic E-state index is 0.0565. The summed E-state index contributed by atoms with van der Waals surface area (Å²) in [7, 11) is 0. The Kier molecular flexibility index (Phi) is 3.18. The first kappa shape index (κ1) is 12.7. The van der Waals surface area contributed by atoms with Gasteiger partial charge in [0.15, 0.2) is 0 Å². The molecule has 1 heterocycles. The molecule has 3 nitrogen and oxygen atoms in total. The maximum atomic E-state index is 12.3. The lowest BCUT2D eigenvalue weighted by Gasteiger charge is -2.09. The van der Waals surface area contributed by atoms with E-state index in [9.17, 15) is 4.79 Å². The van der Waals surface area contributed by atoms with Crippen molar-refractivity contribution in [2.75, 3.05) is 17.2 Å². The normalized spacial score (nSPS) is 12.7. The van der Waals surface area contributed by atoms with E-state index in [4.69, 9.17) is 0 Å². The van der Waals surface area contributed by atoms with Crippen LogP contribution in [0.4, 0.5) is 11.4 Å². The summed E-state index contributed by atoms with van der Waals surface area (Å²) >= 11 is 0. The zero-order valence-corrected chi connectivity index (χ0v) is 11.8. The molecule has 1 amide bonds. The molecule has 2 aromatic rings. The molecule has 0 spiro atoms. The van der Waals surface area contributed by atoms with Crippen LogP contribution in [0.3, 0.4) is 0 Å². The van der Waals surface area contributed by atoms with E-state index in [0.717, 1.165) is 24.2 Å². The van der Waals surface area contributed by atoms with Gasteiger partial charge in [-0.25, -0.2) is 0 Å². The molecule has 3 heteroatoms. The molecular weight excluding hydrogens is 248 g/mol. The molecule has 0 bridgehead atoms. The summed E-state index contributed by atoms with van der Waals surface area (Å²) in [4.78, 5) is 12.3. The first-order valence-electron chi connectivity index (χ1n) is 6.89. The molecule has 0 radical (unpaired) electrons. The van der Waals surface area contributed by atoms with Gasteiger partial charge in [0.05, 0.1) is 0 Å². The lowest BCUT2D eigenvalue weighted by atomic mass is 10.1. The Bertz CT molecular complexity index is 677. The van der Waals surface area contributed by atoms with E-state index in [1.807, 2.05) is 50.2 Å². The summed E-state index contributed by atoms with van der Waals surface area (Å²) in [5.74, 6) is -0.0565. The number of aryl methyl sites for hydroxylation is 2. The summed E-state index contributed by atoms with van der Waals surface area (Å²) in [5.41, 5.74) is 6.33. The smallest absolute Gasteiger partial charge is 0.255 e. The highest BCUT2D eigenvalue weighted by atomic mass is 16.1. The Morgan fingerprint density at radius 2 is 1.95 bits per heavy atom. The molecule has 0 atom stereocenters. The average molecular weight is 266 g/mol. The van der Waals surface area contributed by atoms with Crippen LogP contribution in [-0.2, 0) is 6.42 Å².